The Labute approximate surface area is 129 Å². The van der Waals surface area contributed by atoms with Crippen molar-refractivity contribution in [1.29, 1.82) is 0 Å². The number of ketones is 1. The lowest BCUT2D eigenvalue weighted by Crippen LogP contribution is -2.19. The van der Waals surface area contributed by atoms with Gasteiger partial charge in [-0.05, 0) is 46.8 Å². The van der Waals surface area contributed by atoms with E-state index >= 15 is 0 Å². The summed E-state index contributed by atoms with van der Waals surface area (Å²) in [6.07, 6.45) is 11.9. The highest BCUT2D eigenvalue weighted by atomic mass is 79.9. The number of carbonyl (C=O) groups excluding carboxylic acids is 1. The molecule has 2 nitrogen and oxygen atoms in total. The van der Waals surface area contributed by atoms with Gasteiger partial charge in [0.15, 0.2) is 5.78 Å². The first-order chi connectivity index (χ1) is 9.36. The summed E-state index contributed by atoms with van der Waals surface area (Å²) in [5.74, 6) is 2.77. The first-order valence-corrected chi connectivity index (χ1v) is 7.50. The van der Waals surface area contributed by atoms with Crippen LogP contribution in [-0.2, 0) is 4.79 Å². The van der Waals surface area contributed by atoms with Crippen LogP contribution in [-0.4, -0.2) is 11.5 Å². The van der Waals surface area contributed by atoms with E-state index in [1.54, 1.807) is 0 Å². The number of aliphatic imine (C=N–C) groups is 1. The Kier molecular flexibility index (Phi) is 6.16. The zero-order valence-corrected chi connectivity index (χ0v) is 14.0. The zero-order chi connectivity index (χ0) is 15.3. The molecule has 0 aromatic rings. The molecule has 0 aromatic carbocycles. The van der Waals surface area contributed by atoms with Gasteiger partial charge in [0.25, 0.3) is 0 Å². The fourth-order valence-electron chi connectivity index (χ4n) is 1.92. The van der Waals surface area contributed by atoms with E-state index in [9.17, 15) is 4.79 Å². The van der Waals surface area contributed by atoms with Gasteiger partial charge < -0.3 is 0 Å². The predicted molar refractivity (Wildman–Crippen MR) is 88.7 cm³/mol. The van der Waals surface area contributed by atoms with Crippen molar-refractivity contribution in [2.24, 2.45) is 16.8 Å². The minimum absolute atomic E-state index is 0.0170. The van der Waals surface area contributed by atoms with Crippen LogP contribution in [0.4, 0.5) is 0 Å². The van der Waals surface area contributed by atoms with Crippen LogP contribution in [0.25, 0.3) is 0 Å². The van der Waals surface area contributed by atoms with E-state index in [-0.39, 0.29) is 11.7 Å². The molecule has 1 unspecified atom stereocenters. The predicted octanol–water partition coefficient (Wildman–Crippen LogP) is 4.43. The smallest absolute Gasteiger partial charge is 0.168 e. The van der Waals surface area contributed by atoms with Gasteiger partial charge in [0, 0.05) is 12.0 Å². The summed E-state index contributed by atoms with van der Waals surface area (Å²) in [6, 6.07) is 0. The van der Waals surface area contributed by atoms with E-state index < -0.39 is 0 Å². The van der Waals surface area contributed by atoms with Crippen molar-refractivity contribution in [2.45, 2.75) is 34.1 Å². The van der Waals surface area contributed by atoms with E-state index in [2.05, 4.69) is 39.8 Å². The van der Waals surface area contributed by atoms with Crippen LogP contribution in [0.3, 0.4) is 0 Å². The molecule has 106 valence electrons. The van der Waals surface area contributed by atoms with Crippen molar-refractivity contribution in [2.75, 3.05) is 0 Å². The minimum Gasteiger partial charge on any atom is -0.294 e. The van der Waals surface area contributed by atoms with Gasteiger partial charge in [-0.25, -0.2) is 4.99 Å². The second-order valence-electron chi connectivity index (χ2n) is 5.29. The molecule has 0 spiro atoms. The second-order valence-corrected chi connectivity index (χ2v) is 6.11. The number of halogens is 1. The molecule has 0 saturated carbocycles. The lowest BCUT2D eigenvalue weighted by atomic mass is 9.91. The standard InChI is InChI=1S/C17H20BrNO/c1-6-7-14(17(20)11(2)3)16-13(5)9-8-12(4)10-15(18)19-16/h1,7,9-12H,8H2,2-5H3/b13-9?,14-7+,15-10-,19-16-. The Morgan fingerprint density at radius 2 is 2.25 bits per heavy atom. The Balaban J connectivity index is 3.38. The Bertz CT molecular complexity index is 556. The maximum Gasteiger partial charge on any atom is 0.168 e. The van der Waals surface area contributed by atoms with Gasteiger partial charge in [-0.3, -0.25) is 4.79 Å². The summed E-state index contributed by atoms with van der Waals surface area (Å²) in [5.41, 5.74) is 2.16. The number of allylic oxidation sites excluding steroid dienone is 5. The van der Waals surface area contributed by atoms with Gasteiger partial charge in [0.05, 0.1) is 11.3 Å². The summed E-state index contributed by atoms with van der Waals surface area (Å²) < 4.78 is 0.743. The molecule has 1 rings (SSSR count). The molecule has 0 aliphatic carbocycles. The van der Waals surface area contributed by atoms with E-state index in [1.807, 2.05) is 26.8 Å². The number of terminal acetylenes is 1. The van der Waals surface area contributed by atoms with Crippen molar-refractivity contribution in [3.63, 3.8) is 0 Å². The first-order valence-electron chi connectivity index (χ1n) is 6.70. The molecular formula is C17H20BrNO. The maximum atomic E-state index is 12.3. The van der Waals surface area contributed by atoms with Gasteiger partial charge in [0.2, 0.25) is 0 Å². The van der Waals surface area contributed by atoms with Gasteiger partial charge in [-0.2, -0.15) is 0 Å². The normalized spacial score (nSPS) is 25.6. The van der Waals surface area contributed by atoms with Crippen molar-refractivity contribution in [3.8, 4) is 12.3 Å². The SMILES string of the molecule is C#C\C=C(C(=O)C(C)C)/C1=N\C(Br)=C/C(C)CC=C1C. The molecule has 1 heterocycles. The molecule has 0 fully saturated rings. The van der Waals surface area contributed by atoms with Crippen LogP contribution in [0.15, 0.2) is 39.0 Å². The van der Waals surface area contributed by atoms with Crippen molar-refractivity contribution >= 4 is 27.4 Å². The third-order valence-corrected chi connectivity index (χ3v) is 3.52. The number of carbonyl (C=O) groups is 1. The van der Waals surface area contributed by atoms with Gasteiger partial charge in [-0.15, -0.1) is 6.42 Å². The Morgan fingerprint density at radius 1 is 1.60 bits per heavy atom. The molecular weight excluding hydrogens is 314 g/mol. The highest BCUT2D eigenvalue weighted by molar-refractivity contribution is 9.11. The summed E-state index contributed by atoms with van der Waals surface area (Å²) in [4.78, 5) is 16.9. The third kappa shape index (κ3) is 4.31. The van der Waals surface area contributed by atoms with Crippen LogP contribution < -0.4 is 0 Å². The molecule has 0 saturated heterocycles. The fraction of sp³-hybridized carbons (Fsp3) is 0.412. The summed E-state index contributed by atoms with van der Waals surface area (Å²) >= 11 is 3.44. The molecule has 0 amide bonds. The highest BCUT2D eigenvalue weighted by Crippen LogP contribution is 2.23. The number of hydrogen-bond donors (Lipinski definition) is 0. The maximum absolute atomic E-state index is 12.3. The topological polar surface area (TPSA) is 29.4 Å². The van der Waals surface area contributed by atoms with E-state index in [0.717, 1.165) is 16.6 Å². The lowest BCUT2D eigenvalue weighted by Gasteiger charge is -2.15. The fourth-order valence-corrected chi connectivity index (χ4v) is 2.55. The molecule has 0 aromatic heterocycles. The van der Waals surface area contributed by atoms with E-state index in [0.29, 0.717) is 17.2 Å². The molecule has 0 bridgehead atoms. The van der Waals surface area contributed by atoms with Crippen molar-refractivity contribution < 1.29 is 4.79 Å². The van der Waals surface area contributed by atoms with E-state index in [4.69, 9.17) is 6.42 Å². The molecule has 1 aliphatic rings. The summed E-state index contributed by atoms with van der Waals surface area (Å²) in [5, 5.41) is 0. The van der Waals surface area contributed by atoms with Crippen LogP contribution in [0.1, 0.15) is 34.1 Å². The quantitative estimate of drug-likeness (QED) is 0.426. The van der Waals surface area contributed by atoms with Crippen molar-refractivity contribution in [3.05, 3.63) is 34.0 Å². The summed E-state index contributed by atoms with van der Waals surface area (Å²) in [7, 11) is 0. The average Bonchev–Trinajstić information content (AvgIpc) is 2.37. The molecule has 3 heteroatoms. The lowest BCUT2D eigenvalue weighted by molar-refractivity contribution is -0.117. The third-order valence-electron chi connectivity index (χ3n) is 3.08. The molecule has 0 N–H and O–H groups in total. The number of hydrogen-bond acceptors (Lipinski definition) is 2. The van der Waals surface area contributed by atoms with Crippen LogP contribution in [0, 0.1) is 24.2 Å². The largest absolute Gasteiger partial charge is 0.294 e. The Hall–Kier alpha value is -1.40. The van der Waals surface area contributed by atoms with Crippen LogP contribution in [0.2, 0.25) is 0 Å². The first kappa shape index (κ1) is 16.7. The number of Topliss-reactive ketones (excluding diaryl/α,β-unsaturated/α-hetero) is 1. The van der Waals surface area contributed by atoms with Gasteiger partial charge in [-0.1, -0.05) is 32.8 Å². The van der Waals surface area contributed by atoms with Gasteiger partial charge in [0.1, 0.15) is 4.61 Å². The molecule has 0 radical (unpaired) electrons. The highest BCUT2D eigenvalue weighted by Gasteiger charge is 2.21. The second kappa shape index (κ2) is 7.40. The number of rotatable bonds is 3. The van der Waals surface area contributed by atoms with E-state index in [1.165, 1.54) is 6.08 Å². The molecule has 1 atom stereocenters. The zero-order valence-electron chi connectivity index (χ0n) is 12.4. The van der Waals surface area contributed by atoms with Crippen LogP contribution in [0.5, 0.6) is 0 Å². The number of nitrogens with zero attached hydrogens (tertiary/aromatic N) is 1. The minimum atomic E-state index is -0.114. The monoisotopic (exact) mass is 333 g/mol. The van der Waals surface area contributed by atoms with Crippen LogP contribution >= 0.6 is 15.9 Å². The Morgan fingerprint density at radius 3 is 2.80 bits per heavy atom. The average molecular weight is 334 g/mol. The van der Waals surface area contributed by atoms with Crippen molar-refractivity contribution in [1.82, 2.24) is 0 Å². The molecule has 20 heavy (non-hydrogen) atoms. The van der Waals surface area contributed by atoms with Gasteiger partial charge >= 0.3 is 0 Å². The molecule has 1 aliphatic heterocycles. The summed E-state index contributed by atoms with van der Waals surface area (Å²) in [6.45, 7) is 7.82.